The molecule has 0 aliphatic carbocycles. The lowest BCUT2D eigenvalue weighted by Gasteiger charge is -2.33. The van der Waals surface area contributed by atoms with E-state index in [0.29, 0.717) is 12.5 Å². The van der Waals surface area contributed by atoms with E-state index >= 15 is 0 Å². The second-order valence-electron chi connectivity index (χ2n) is 6.01. The smallest absolute Gasteiger partial charge is 0.236 e. The number of hydrogen-bond acceptors (Lipinski definition) is 3. The predicted octanol–water partition coefficient (Wildman–Crippen LogP) is 2.12. The quantitative estimate of drug-likeness (QED) is 0.705. The Labute approximate surface area is 124 Å². The average Bonchev–Trinajstić information content (AvgIpc) is 2.47. The van der Waals surface area contributed by atoms with Gasteiger partial charge in [-0.15, -0.1) is 0 Å². The summed E-state index contributed by atoms with van der Waals surface area (Å²) in [5.74, 6) is 0.627. The summed E-state index contributed by atoms with van der Waals surface area (Å²) in [6, 6.07) is 0. The molecule has 1 saturated heterocycles. The van der Waals surface area contributed by atoms with Crippen molar-refractivity contribution in [2.45, 2.75) is 52.4 Å². The van der Waals surface area contributed by atoms with Gasteiger partial charge in [0.25, 0.3) is 0 Å². The molecular formula is C16H32N2O2. The number of piperidine rings is 1. The predicted molar refractivity (Wildman–Crippen MR) is 82.6 cm³/mol. The Bertz CT molecular complexity index is 263. The van der Waals surface area contributed by atoms with E-state index in [1.54, 1.807) is 0 Å². The van der Waals surface area contributed by atoms with Crippen LogP contribution in [0.1, 0.15) is 52.4 Å². The summed E-state index contributed by atoms with van der Waals surface area (Å²) in [5.41, 5.74) is 0. The highest BCUT2D eigenvalue weighted by atomic mass is 16.3. The molecule has 4 heteroatoms. The van der Waals surface area contributed by atoms with E-state index in [0.717, 1.165) is 64.7 Å². The zero-order chi connectivity index (χ0) is 14.8. The molecule has 0 radical (unpaired) electrons. The SMILES string of the molecule is CCCCN(CCCC)C(=O)CN1CCCC(CO)C1. The summed E-state index contributed by atoms with van der Waals surface area (Å²) in [6.45, 7) is 8.77. The topological polar surface area (TPSA) is 43.8 Å². The normalized spacial score (nSPS) is 20.1. The van der Waals surface area contributed by atoms with Crippen LogP contribution in [0.4, 0.5) is 0 Å². The van der Waals surface area contributed by atoms with E-state index < -0.39 is 0 Å². The number of carbonyl (C=O) groups excluding carboxylic acids is 1. The first kappa shape index (κ1) is 17.4. The van der Waals surface area contributed by atoms with Crippen LogP contribution in [0.2, 0.25) is 0 Å². The minimum Gasteiger partial charge on any atom is -0.396 e. The van der Waals surface area contributed by atoms with Crippen molar-refractivity contribution in [2.75, 3.05) is 39.3 Å². The van der Waals surface area contributed by atoms with E-state index in [1.807, 2.05) is 4.90 Å². The lowest BCUT2D eigenvalue weighted by Crippen LogP contribution is -2.45. The van der Waals surface area contributed by atoms with Crippen LogP contribution in [0.5, 0.6) is 0 Å². The van der Waals surface area contributed by atoms with Gasteiger partial charge in [0.05, 0.1) is 6.54 Å². The first-order valence-corrected chi connectivity index (χ1v) is 8.32. The maximum Gasteiger partial charge on any atom is 0.236 e. The first-order chi connectivity index (χ1) is 9.71. The van der Waals surface area contributed by atoms with Gasteiger partial charge in [0.2, 0.25) is 5.91 Å². The van der Waals surface area contributed by atoms with E-state index in [2.05, 4.69) is 18.7 Å². The van der Waals surface area contributed by atoms with Crippen molar-refractivity contribution in [1.82, 2.24) is 9.80 Å². The van der Waals surface area contributed by atoms with Crippen molar-refractivity contribution in [3.05, 3.63) is 0 Å². The van der Waals surface area contributed by atoms with Gasteiger partial charge in [-0.05, 0) is 38.1 Å². The minimum atomic E-state index is 0.250. The lowest BCUT2D eigenvalue weighted by atomic mass is 9.99. The maximum atomic E-state index is 12.4. The molecule has 0 aromatic carbocycles. The fourth-order valence-electron chi connectivity index (χ4n) is 2.79. The zero-order valence-electron chi connectivity index (χ0n) is 13.3. The molecule has 4 nitrogen and oxygen atoms in total. The Balaban J connectivity index is 2.42. The molecule has 1 heterocycles. The highest BCUT2D eigenvalue weighted by Gasteiger charge is 2.22. The molecule has 0 aromatic heterocycles. The number of unbranched alkanes of at least 4 members (excludes halogenated alkanes) is 2. The average molecular weight is 284 g/mol. The van der Waals surface area contributed by atoms with Crippen LogP contribution < -0.4 is 0 Å². The van der Waals surface area contributed by atoms with Gasteiger partial charge in [-0.25, -0.2) is 0 Å². The number of nitrogens with zero attached hydrogens (tertiary/aromatic N) is 2. The molecule has 0 saturated carbocycles. The molecule has 1 N–H and O–H groups in total. The van der Waals surface area contributed by atoms with Crippen LogP contribution in [0.25, 0.3) is 0 Å². The Morgan fingerprint density at radius 2 is 1.90 bits per heavy atom. The Morgan fingerprint density at radius 3 is 2.45 bits per heavy atom. The van der Waals surface area contributed by atoms with Crippen LogP contribution in [0.3, 0.4) is 0 Å². The summed E-state index contributed by atoms with van der Waals surface area (Å²) in [6.07, 6.45) is 6.64. The Morgan fingerprint density at radius 1 is 1.25 bits per heavy atom. The van der Waals surface area contributed by atoms with Crippen LogP contribution >= 0.6 is 0 Å². The zero-order valence-corrected chi connectivity index (χ0v) is 13.3. The van der Waals surface area contributed by atoms with Crippen molar-refractivity contribution in [1.29, 1.82) is 0 Å². The molecule has 20 heavy (non-hydrogen) atoms. The fourth-order valence-corrected chi connectivity index (χ4v) is 2.79. The van der Waals surface area contributed by atoms with E-state index in [4.69, 9.17) is 0 Å². The molecular weight excluding hydrogens is 252 g/mol. The molecule has 1 aliphatic heterocycles. The van der Waals surface area contributed by atoms with Gasteiger partial charge in [-0.3, -0.25) is 9.69 Å². The number of likely N-dealkylation sites (tertiary alicyclic amines) is 1. The molecule has 1 amide bonds. The molecule has 1 fully saturated rings. The van der Waals surface area contributed by atoms with Gasteiger partial charge < -0.3 is 10.0 Å². The second kappa shape index (κ2) is 10.2. The monoisotopic (exact) mass is 284 g/mol. The lowest BCUT2D eigenvalue weighted by molar-refractivity contribution is -0.133. The Hall–Kier alpha value is -0.610. The highest BCUT2D eigenvalue weighted by molar-refractivity contribution is 5.78. The van der Waals surface area contributed by atoms with Gasteiger partial charge in [-0.2, -0.15) is 0 Å². The van der Waals surface area contributed by atoms with E-state index in [-0.39, 0.29) is 12.5 Å². The summed E-state index contributed by atoms with van der Waals surface area (Å²) in [7, 11) is 0. The van der Waals surface area contributed by atoms with Crippen molar-refractivity contribution in [3.8, 4) is 0 Å². The third-order valence-electron chi connectivity index (χ3n) is 4.14. The summed E-state index contributed by atoms with van der Waals surface area (Å²) in [5, 5.41) is 9.26. The van der Waals surface area contributed by atoms with E-state index in [9.17, 15) is 9.90 Å². The van der Waals surface area contributed by atoms with Gasteiger partial charge in [0.1, 0.15) is 0 Å². The molecule has 118 valence electrons. The third-order valence-corrected chi connectivity index (χ3v) is 4.14. The fraction of sp³-hybridized carbons (Fsp3) is 0.938. The largest absolute Gasteiger partial charge is 0.396 e. The standard InChI is InChI=1S/C16H32N2O2/c1-3-5-10-18(11-6-4-2)16(20)13-17-9-7-8-15(12-17)14-19/h15,19H,3-14H2,1-2H3. The molecule has 0 aromatic rings. The highest BCUT2D eigenvalue weighted by Crippen LogP contribution is 2.15. The molecule has 0 spiro atoms. The molecule has 1 atom stereocenters. The number of aliphatic hydroxyl groups is 1. The van der Waals surface area contributed by atoms with Crippen LogP contribution in [-0.2, 0) is 4.79 Å². The first-order valence-electron chi connectivity index (χ1n) is 8.32. The van der Waals surface area contributed by atoms with Crippen molar-refractivity contribution in [2.24, 2.45) is 5.92 Å². The number of carbonyl (C=O) groups is 1. The van der Waals surface area contributed by atoms with Crippen molar-refractivity contribution >= 4 is 5.91 Å². The van der Waals surface area contributed by atoms with Crippen LogP contribution in [0.15, 0.2) is 0 Å². The van der Waals surface area contributed by atoms with Gasteiger partial charge in [-0.1, -0.05) is 26.7 Å². The van der Waals surface area contributed by atoms with Gasteiger partial charge >= 0.3 is 0 Å². The van der Waals surface area contributed by atoms with Gasteiger partial charge in [0, 0.05) is 26.2 Å². The van der Waals surface area contributed by atoms with E-state index in [1.165, 1.54) is 0 Å². The van der Waals surface area contributed by atoms with Crippen molar-refractivity contribution in [3.63, 3.8) is 0 Å². The number of amides is 1. The number of aliphatic hydroxyl groups excluding tert-OH is 1. The molecule has 1 rings (SSSR count). The number of hydrogen-bond donors (Lipinski definition) is 1. The second-order valence-corrected chi connectivity index (χ2v) is 6.01. The molecule has 0 bridgehead atoms. The van der Waals surface area contributed by atoms with Gasteiger partial charge in [0.15, 0.2) is 0 Å². The Kier molecular flexibility index (Phi) is 8.86. The summed E-state index contributed by atoms with van der Waals surface area (Å²) in [4.78, 5) is 16.7. The molecule has 1 unspecified atom stereocenters. The third kappa shape index (κ3) is 6.23. The maximum absolute atomic E-state index is 12.4. The summed E-state index contributed by atoms with van der Waals surface area (Å²) < 4.78 is 0. The minimum absolute atomic E-state index is 0.250. The van der Waals surface area contributed by atoms with Crippen molar-refractivity contribution < 1.29 is 9.90 Å². The number of rotatable bonds is 9. The molecule has 1 aliphatic rings. The van der Waals surface area contributed by atoms with Crippen LogP contribution in [0, 0.1) is 5.92 Å². The summed E-state index contributed by atoms with van der Waals surface area (Å²) >= 11 is 0. The van der Waals surface area contributed by atoms with Crippen LogP contribution in [-0.4, -0.2) is 60.1 Å².